The predicted molar refractivity (Wildman–Crippen MR) is 81.6 cm³/mol. The smallest absolute Gasteiger partial charge is 0.183 e. The van der Waals surface area contributed by atoms with Crippen LogP contribution in [0.3, 0.4) is 0 Å². The van der Waals surface area contributed by atoms with Crippen molar-refractivity contribution in [2.45, 2.75) is 0 Å². The highest BCUT2D eigenvalue weighted by molar-refractivity contribution is 6.34. The first kappa shape index (κ1) is 14.8. The van der Waals surface area contributed by atoms with Gasteiger partial charge in [0.1, 0.15) is 10.8 Å². The number of hydrogen-bond donors (Lipinski definition) is 0. The SMILES string of the molecule is COc1cc(-c2ccc(Cl)cc2)c(OC)c(OC)c1Cl. The van der Waals surface area contributed by atoms with E-state index in [1.165, 1.54) is 7.11 Å². The minimum Gasteiger partial charge on any atom is -0.495 e. The summed E-state index contributed by atoms with van der Waals surface area (Å²) in [6.07, 6.45) is 0. The summed E-state index contributed by atoms with van der Waals surface area (Å²) in [5.74, 6) is 1.52. The molecule has 0 radical (unpaired) electrons. The van der Waals surface area contributed by atoms with Crippen molar-refractivity contribution in [2.24, 2.45) is 0 Å². The van der Waals surface area contributed by atoms with E-state index in [0.29, 0.717) is 27.3 Å². The fraction of sp³-hybridized carbons (Fsp3) is 0.200. The van der Waals surface area contributed by atoms with Crippen molar-refractivity contribution < 1.29 is 14.2 Å². The molecule has 0 saturated heterocycles. The molecule has 5 heteroatoms. The molecule has 0 aliphatic rings. The van der Waals surface area contributed by atoms with Gasteiger partial charge in [-0.15, -0.1) is 0 Å². The Hall–Kier alpha value is -1.58. The Bertz CT molecular complexity index is 610. The average Bonchev–Trinajstić information content (AvgIpc) is 2.47. The van der Waals surface area contributed by atoms with Gasteiger partial charge in [0.2, 0.25) is 0 Å². The van der Waals surface area contributed by atoms with Crippen LogP contribution in [0.15, 0.2) is 30.3 Å². The van der Waals surface area contributed by atoms with E-state index in [2.05, 4.69) is 0 Å². The molecular formula is C15H14Cl2O3. The molecule has 0 spiro atoms. The molecule has 3 nitrogen and oxygen atoms in total. The molecule has 2 rings (SSSR count). The molecular weight excluding hydrogens is 299 g/mol. The first-order chi connectivity index (χ1) is 9.62. The molecule has 0 aliphatic heterocycles. The monoisotopic (exact) mass is 312 g/mol. The molecule has 0 atom stereocenters. The van der Waals surface area contributed by atoms with E-state index in [4.69, 9.17) is 37.4 Å². The summed E-state index contributed by atoms with van der Waals surface area (Å²) in [6, 6.07) is 9.22. The molecule has 2 aromatic carbocycles. The number of rotatable bonds is 4. The van der Waals surface area contributed by atoms with Gasteiger partial charge in [-0.1, -0.05) is 35.3 Å². The second-order valence-corrected chi connectivity index (χ2v) is 4.83. The topological polar surface area (TPSA) is 27.7 Å². The van der Waals surface area contributed by atoms with Gasteiger partial charge < -0.3 is 14.2 Å². The third-order valence-corrected chi connectivity index (χ3v) is 3.54. The summed E-state index contributed by atoms with van der Waals surface area (Å²) >= 11 is 12.1. The Kier molecular flexibility index (Phi) is 4.63. The molecule has 2 aromatic rings. The fourth-order valence-electron chi connectivity index (χ4n) is 1.97. The van der Waals surface area contributed by atoms with Crippen molar-refractivity contribution in [3.63, 3.8) is 0 Å². The van der Waals surface area contributed by atoms with E-state index >= 15 is 0 Å². The Labute approximate surface area is 128 Å². The van der Waals surface area contributed by atoms with Gasteiger partial charge in [0.15, 0.2) is 11.5 Å². The van der Waals surface area contributed by atoms with Gasteiger partial charge in [0.25, 0.3) is 0 Å². The van der Waals surface area contributed by atoms with Crippen LogP contribution in [0.25, 0.3) is 11.1 Å². The van der Waals surface area contributed by atoms with Crippen LogP contribution >= 0.6 is 23.2 Å². The maximum absolute atomic E-state index is 6.23. The summed E-state index contributed by atoms with van der Waals surface area (Å²) < 4.78 is 16.0. The van der Waals surface area contributed by atoms with Crippen LogP contribution in [-0.4, -0.2) is 21.3 Å². The number of ether oxygens (including phenoxy) is 3. The van der Waals surface area contributed by atoms with Crippen LogP contribution in [0, 0.1) is 0 Å². The van der Waals surface area contributed by atoms with Gasteiger partial charge in [-0.2, -0.15) is 0 Å². The fourth-order valence-corrected chi connectivity index (χ4v) is 2.39. The highest BCUT2D eigenvalue weighted by Crippen LogP contribution is 2.47. The Balaban J connectivity index is 2.70. The molecule has 0 amide bonds. The zero-order chi connectivity index (χ0) is 14.7. The molecule has 0 saturated carbocycles. The standard InChI is InChI=1S/C15H14Cl2O3/c1-18-12-8-11(9-4-6-10(16)7-5-9)14(19-2)15(20-3)13(12)17/h4-8H,1-3H3. The molecule has 0 N–H and O–H groups in total. The van der Waals surface area contributed by atoms with Gasteiger partial charge in [0, 0.05) is 10.6 Å². The first-order valence-electron chi connectivity index (χ1n) is 5.86. The number of benzene rings is 2. The van der Waals surface area contributed by atoms with E-state index < -0.39 is 0 Å². The van der Waals surface area contributed by atoms with E-state index in [1.54, 1.807) is 14.2 Å². The third-order valence-electron chi connectivity index (χ3n) is 2.93. The van der Waals surface area contributed by atoms with E-state index in [9.17, 15) is 0 Å². The van der Waals surface area contributed by atoms with Crippen LogP contribution in [0.5, 0.6) is 17.2 Å². The van der Waals surface area contributed by atoms with Crippen molar-refractivity contribution in [3.8, 4) is 28.4 Å². The number of methoxy groups -OCH3 is 3. The molecule has 0 unspecified atom stereocenters. The lowest BCUT2D eigenvalue weighted by Crippen LogP contribution is -1.97. The molecule has 0 fully saturated rings. The van der Waals surface area contributed by atoms with Crippen LogP contribution in [-0.2, 0) is 0 Å². The molecule has 106 valence electrons. The maximum atomic E-state index is 6.23. The largest absolute Gasteiger partial charge is 0.495 e. The number of hydrogen-bond acceptors (Lipinski definition) is 3. The summed E-state index contributed by atoms with van der Waals surface area (Å²) in [6.45, 7) is 0. The van der Waals surface area contributed by atoms with Crippen molar-refractivity contribution in [1.82, 2.24) is 0 Å². The maximum Gasteiger partial charge on any atom is 0.183 e. The normalized spacial score (nSPS) is 10.2. The summed E-state index contributed by atoms with van der Waals surface area (Å²) in [7, 11) is 4.66. The van der Waals surface area contributed by atoms with Gasteiger partial charge >= 0.3 is 0 Å². The molecule has 0 aromatic heterocycles. The lowest BCUT2D eigenvalue weighted by atomic mass is 10.0. The van der Waals surface area contributed by atoms with Crippen molar-refractivity contribution in [3.05, 3.63) is 40.4 Å². The first-order valence-corrected chi connectivity index (χ1v) is 6.62. The second kappa shape index (κ2) is 6.25. The Morgan fingerprint density at radius 1 is 0.800 bits per heavy atom. The lowest BCUT2D eigenvalue weighted by molar-refractivity contribution is 0.350. The third kappa shape index (κ3) is 2.65. The quantitative estimate of drug-likeness (QED) is 0.820. The summed E-state index contributed by atoms with van der Waals surface area (Å²) in [5.41, 5.74) is 1.75. The van der Waals surface area contributed by atoms with Crippen molar-refractivity contribution in [2.75, 3.05) is 21.3 Å². The predicted octanol–water partition coefficient (Wildman–Crippen LogP) is 4.69. The second-order valence-electron chi connectivity index (χ2n) is 4.01. The molecule has 0 aliphatic carbocycles. The van der Waals surface area contributed by atoms with Crippen LogP contribution in [0.1, 0.15) is 0 Å². The average molecular weight is 313 g/mol. The van der Waals surface area contributed by atoms with Gasteiger partial charge in [-0.25, -0.2) is 0 Å². The van der Waals surface area contributed by atoms with Crippen LogP contribution in [0.2, 0.25) is 10.0 Å². The van der Waals surface area contributed by atoms with Crippen LogP contribution in [0.4, 0.5) is 0 Å². The van der Waals surface area contributed by atoms with Crippen molar-refractivity contribution >= 4 is 23.2 Å². The van der Waals surface area contributed by atoms with E-state index in [0.717, 1.165) is 11.1 Å². The Morgan fingerprint density at radius 3 is 1.90 bits per heavy atom. The van der Waals surface area contributed by atoms with E-state index in [1.807, 2.05) is 30.3 Å². The van der Waals surface area contributed by atoms with Crippen molar-refractivity contribution in [1.29, 1.82) is 0 Å². The lowest BCUT2D eigenvalue weighted by Gasteiger charge is -2.17. The molecule has 0 bridgehead atoms. The minimum atomic E-state index is 0.379. The zero-order valence-corrected chi connectivity index (χ0v) is 12.9. The zero-order valence-electron chi connectivity index (χ0n) is 11.4. The minimum absolute atomic E-state index is 0.379. The Morgan fingerprint density at radius 2 is 1.40 bits per heavy atom. The number of halogens is 2. The van der Waals surface area contributed by atoms with E-state index in [-0.39, 0.29) is 0 Å². The highest BCUT2D eigenvalue weighted by Gasteiger charge is 2.20. The summed E-state index contributed by atoms with van der Waals surface area (Å²) in [5, 5.41) is 1.05. The van der Waals surface area contributed by atoms with Crippen LogP contribution < -0.4 is 14.2 Å². The molecule has 20 heavy (non-hydrogen) atoms. The van der Waals surface area contributed by atoms with Gasteiger partial charge in [-0.05, 0) is 23.8 Å². The van der Waals surface area contributed by atoms with Gasteiger partial charge in [-0.3, -0.25) is 0 Å². The summed E-state index contributed by atoms with van der Waals surface area (Å²) in [4.78, 5) is 0. The highest BCUT2D eigenvalue weighted by atomic mass is 35.5. The van der Waals surface area contributed by atoms with Gasteiger partial charge in [0.05, 0.1) is 21.3 Å². The molecule has 0 heterocycles.